The molecule has 2 aromatic carbocycles. The van der Waals surface area contributed by atoms with Gasteiger partial charge in [0.05, 0.1) is 17.7 Å². The summed E-state index contributed by atoms with van der Waals surface area (Å²) in [6.45, 7) is 6.94. The van der Waals surface area contributed by atoms with Gasteiger partial charge in [-0.3, -0.25) is 4.79 Å². The zero-order chi connectivity index (χ0) is 26.6. The van der Waals surface area contributed by atoms with E-state index in [0.717, 1.165) is 36.1 Å². The Hall–Kier alpha value is -3.27. The Labute approximate surface area is 227 Å². The van der Waals surface area contributed by atoms with Crippen LogP contribution in [0.1, 0.15) is 53.6 Å². The molecule has 5 nitrogen and oxygen atoms in total. The first-order valence-electron chi connectivity index (χ1n) is 12.2. The molecule has 0 saturated carbocycles. The predicted octanol–water partition coefficient (Wildman–Crippen LogP) is 7.58. The van der Waals surface area contributed by atoms with Crippen LogP contribution in [0.4, 0.5) is 10.7 Å². The van der Waals surface area contributed by atoms with Crippen LogP contribution in [-0.4, -0.2) is 25.8 Å². The number of anilines is 1. The minimum absolute atomic E-state index is 0.0830. The largest absolute Gasteiger partial charge is 0.493 e. The quantitative estimate of drug-likeness (QED) is 0.251. The zero-order valence-corrected chi connectivity index (χ0v) is 23.1. The number of thiophene rings is 1. The summed E-state index contributed by atoms with van der Waals surface area (Å²) < 4.78 is 11.0. The van der Waals surface area contributed by atoms with Gasteiger partial charge in [-0.25, -0.2) is 4.99 Å². The Bertz CT molecular complexity index is 1350. The van der Waals surface area contributed by atoms with Crippen molar-refractivity contribution >= 4 is 45.7 Å². The number of terminal acetylenes is 1. The standard InChI is InChI=1S/C30H31ClN2O3S/c1-6-14-36-27-23(31)15-19(16-24(27)35-5)18-32-29-26(28(34)33-21-10-8-7-9-11-21)22-13-12-20(30(2,3)4)17-25(22)37-29/h1,7-11,15-16,18,20H,12-14,17H2,2-5H3,(H,33,34)/t20-/m0/s1. The molecule has 4 rings (SSSR count). The first-order chi connectivity index (χ1) is 17.7. The number of amides is 1. The lowest BCUT2D eigenvalue weighted by atomic mass is 9.72. The maximum Gasteiger partial charge on any atom is 0.259 e. The van der Waals surface area contributed by atoms with E-state index >= 15 is 0 Å². The molecule has 1 N–H and O–H groups in total. The molecule has 0 saturated heterocycles. The lowest BCUT2D eigenvalue weighted by Crippen LogP contribution is -2.27. The van der Waals surface area contributed by atoms with Crippen LogP contribution >= 0.6 is 22.9 Å². The molecule has 0 fully saturated rings. The van der Waals surface area contributed by atoms with Crippen LogP contribution in [0.3, 0.4) is 0 Å². The van der Waals surface area contributed by atoms with E-state index in [1.165, 1.54) is 4.88 Å². The molecule has 0 bridgehead atoms. The van der Waals surface area contributed by atoms with Crippen LogP contribution in [-0.2, 0) is 12.8 Å². The second kappa shape index (κ2) is 11.4. The highest BCUT2D eigenvalue weighted by molar-refractivity contribution is 7.16. The molecule has 1 heterocycles. The highest BCUT2D eigenvalue weighted by Gasteiger charge is 2.33. The minimum atomic E-state index is -0.140. The van der Waals surface area contributed by atoms with Crippen molar-refractivity contribution in [1.29, 1.82) is 0 Å². The van der Waals surface area contributed by atoms with Crippen LogP contribution in [0.15, 0.2) is 47.5 Å². The molecule has 1 aliphatic carbocycles. The van der Waals surface area contributed by atoms with Crippen molar-refractivity contribution in [3.63, 3.8) is 0 Å². The fraction of sp³-hybridized carbons (Fsp3) is 0.333. The molecule has 0 radical (unpaired) electrons. The SMILES string of the molecule is C#CCOc1c(Cl)cc(C=Nc2sc3c(c2C(=O)Nc2ccccc2)CC[C@H](C(C)(C)C)C3)cc1OC. The summed E-state index contributed by atoms with van der Waals surface area (Å²) >= 11 is 8.05. The number of ether oxygens (including phenoxy) is 2. The van der Waals surface area contributed by atoms with E-state index in [0.29, 0.717) is 33.0 Å². The number of hydrogen-bond acceptors (Lipinski definition) is 5. The molecule has 1 atom stereocenters. The van der Waals surface area contributed by atoms with Gasteiger partial charge in [0.25, 0.3) is 5.91 Å². The summed E-state index contributed by atoms with van der Waals surface area (Å²) in [4.78, 5) is 19.5. The first kappa shape index (κ1) is 26.8. The maximum absolute atomic E-state index is 13.5. The lowest BCUT2D eigenvalue weighted by molar-refractivity contribution is 0.102. The second-order valence-corrected chi connectivity index (χ2v) is 11.6. The fourth-order valence-corrected chi connectivity index (χ4v) is 6.09. The Morgan fingerprint density at radius 1 is 1.30 bits per heavy atom. The summed E-state index contributed by atoms with van der Waals surface area (Å²) in [5.74, 6) is 3.69. The van der Waals surface area contributed by atoms with Gasteiger partial charge in [0.1, 0.15) is 11.6 Å². The summed E-state index contributed by atoms with van der Waals surface area (Å²) in [6, 6.07) is 13.0. The first-order valence-corrected chi connectivity index (χ1v) is 13.4. The van der Waals surface area contributed by atoms with Crippen molar-refractivity contribution in [2.45, 2.75) is 40.0 Å². The number of carbonyl (C=O) groups is 1. The second-order valence-electron chi connectivity index (χ2n) is 10.1. The van der Waals surface area contributed by atoms with Gasteiger partial charge in [-0.05, 0) is 66.0 Å². The number of hydrogen-bond donors (Lipinski definition) is 1. The van der Waals surface area contributed by atoms with Gasteiger partial charge in [-0.15, -0.1) is 17.8 Å². The van der Waals surface area contributed by atoms with Gasteiger partial charge in [0.15, 0.2) is 11.5 Å². The van der Waals surface area contributed by atoms with Crippen LogP contribution in [0, 0.1) is 23.7 Å². The number of nitrogens with zero attached hydrogens (tertiary/aromatic N) is 1. The third-order valence-corrected chi connectivity index (χ3v) is 8.06. The molecular formula is C30H31ClN2O3S. The van der Waals surface area contributed by atoms with E-state index in [9.17, 15) is 4.79 Å². The molecule has 7 heteroatoms. The van der Waals surface area contributed by atoms with Crippen molar-refractivity contribution in [2.75, 3.05) is 19.0 Å². The summed E-state index contributed by atoms with van der Waals surface area (Å²) in [7, 11) is 1.54. The summed E-state index contributed by atoms with van der Waals surface area (Å²) in [5.41, 5.74) is 3.45. The number of halogens is 1. The number of benzene rings is 2. The topological polar surface area (TPSA) is 59.9 Å². The van der Waals surface area contributed by atoms with Gasteiger partial charge in [-0.1, -0.05) is 56.5 Å². The fourth-order valence-electron chi connectivity index (χ4n) is 4.55. The van der Waals surface area contributed by atoms with E-state index in [-0.39, 0.29) is 17.9 Å². The van der Waals surface area contributed by atoms with Crippen molar-refractivity contribution in [3.8, 4) is 23.8 Å². The monoisotopic (exact) mass is 534 g/mol. The highest BCUT2D eigenvalue weighted by atomic mass is 35.5. The number of methoxy groups -OCH3 is 1. The molecular weight excluding hydrogens is 504 g/mol. The van der Waals surface area contributed by atoms with Gasteiger partial charge in [-0.2, -0.15) is 0 Å². The normalized spacial score (nSPS) is 15.2. The molecule has 3 aromatic rings. The molecule has 37 heavy (non-hydrogen) atoms. The molecule has 0 aliphatic heterocycles. The number of rotatable bonds is 7. The maximum atomic E-state index is 13.5. The van der Waals surface area contributed by atoms with E-state index in [4.69, 9.17) is 32.5 Å². The number of aliphatic imine (C=N–C) groups is 1. The van der Waals surface area contributed by atoms with Crippen LogP contribution in [0.2, 0.25) is 5.02 Å². The lowest BCUT2D eigenvalue weighted by Gasteiger charge is -2.33. The van der Waals surface area contributed by atoms with Crippen molar-refractivity contribution in [2.24, 2.45) is 16.3 Å². The molecule has 1 amide bonds. The molecule has 0 unspecified atom stereocenters. The average Bonchev–Trinajstić information content (AvgIpc) is 3.24. The van der Waals surface area contributed by atoms with E-state index < -0.39 is 0 Å². The highest BCUT2D eigenvalue weighted by Crippen LogP contribution is 2.45. The Morgan fingerprint density at radius 3 is 2.73 bits per heavy atom. The molecule has 192 valence electrons. The van der Waals surface area contributed by atoms with Crippen LogP contribution < -0.4 is 14.8 Å². The Balaban J connectivity index is 1.71. The van der Waals surface area contributed by atoms with E-state index in [1.54, 1.807) is 36.8 Å². The summed E-state index contributed by atoms with van der Waals surface area (Å²) in [5, 5.41) is 4.11. The number of para-hydroxylation sites is 1. The predicted molar refractivity (Wildman–Crippen MR) is 153 cm³/mol. The number of fused-ring (bicyclic) bond motifs is 1. The third kappa shape index (κ3) is 6.18. The zero-order valence-electron chi connectivity index (χ0n) is 21.6. The van der Waals surface area contributed by atoms with Crippen molar-refractivity contribution in [1.82, 2.24) is 0 Å². The van der Waals surface area contributed by atoms with Crippen LogP contribution in [0.25, 0.3) is 0 Å². The van der Waals surface area contributed by atoms with Gasteiger partial charge < -0.3 is 14.8 Å². The van der Waals surface area contributed by atoms with E-state index in [2.05, 4.69) is 32.0 Å². The Morgan fingerprint density at radius 2 is 2.05 bits per heavy atom. The smallest absolute Gasteiger partial charge is 0.259 e. The number of nitrogens with one attached hydrogen (secondary N) is 1. The average molecular weight is 535 g/mol. The van der Waals surface area contributed by atoms with Gasteiger partial charge >= 0.3 is 0 Å². The van der Waals surface area contributed by atoms with Gasteiger partial charge in [0, 0.05) is 16.8 Å². The molecule has 1 aliphatic rings. The van der Waals surface area contributed by atoms with Gasteiger partial charge in [0.2, 0.25) is 0 Å². The molecule has 1 aromatic heterocycles. The van der Waals surface area contributed by atoms with Crippen LogP contribution in [0.5, 0.6) is 11.5 Å². The van der Waals surface area contributed by atoms with E-state index in [1.807, 2.05) is 30.3 Å². The Kier molecular flexibility index (Phi) is 8.26. The number of carbonyl (C=O) groups excluding carboxylic acids is 1. The minimum Gasteiger partial charge on any atom is -0.493 e. The third-order valence-electron chi connectivity index (χ3n) is 6.61. The molecule has 0 spiro atoms. The van der Waals surface area contributed by atoms with Crippen molar-refractivity contribution in [3.05, 3.63) is 69.1 Å². The summed E-state index contributed by atoms with van der Waals surface area (Å²) in [6.07, 6.45) is 9.88. The van der Waals surface area contributed by atoms with Crippen molar-refractivity contribution < 1.29 is 14.3 Å².